The highest BCUT2D eigenvalue weighted by Crippen LogP contribution is 2.57. The zero-order valence-corrected chi connectivity index (χ0v) is 12.6. The minimum atomic E-state index is 0.348. The standard InChI is InChI=1S/C18H25NO/c1-12-3-6-15-17-9-13-4-5-14(20)10-16(13)18(15,11-12)7-8-19(17)2/h4-5,10,12,15,17,20H,3,6-9,11H2,1-2H3/t12-,15+,17+,18-/m1/s1. The summed E-state index contributed by atoms with van der Waals surface area (Å²) in [5.74, 6) is 2.07. The van der Waals surface area contributed by atoms with Gasteiger partial charge < -0.3 is 10.0 Å². The van der Waals surface area contributed by atoms with Crippen molar-refractivity contribution in [2.75, 3.05) is 13.6 Å². The third-order valence-electron chi connectivity index (χ3n) is 6.39. The molecule has 4 rings (SSSR count). The summed E-state index contributed by atoms with van der Waals surface area (Å²) in [5.41, 5.74) is 3.32. The van der Waals surface area contributed by atoms with Crippen LogP contribution in [0.25, 0.3) is 0 Å². The summed E-state index contributed by atoms with van der Waals surface area (Å²) in [6, 6.07) is 6.85. The summed E-state index contributed by atoms with van der Waals surface area (Å²) in [6.45, 7) is 3.62. The highest BCUT2D eigenvalue weighted by molar-refractivity contribution is 5.45. The topological polar surface area (TPSA) is 23.5 Å². The lowest BCUT2D eigenvalue weighted by molar-refractivity contribution is -0.0110. The average molecular weight is 271 g/mol. The number of piperidine rings is 1. The molecule has 4 atom stereocenters. The first-order valence-electron chi connectivity index (χ1n) is 8.13. The summed E-state index contributed by atoms with van der Waals surface area (Å²) in [5, 5.41) is 9.98. The molecule has 108 valence electrons. The van der Waals surface area contributed by atoms with Gasteiger partial charge in [0, 0.05) is 11.5 Å². The summed E-state index contributed by atoms with van der Waals surface area (Å²) < 4.78 is 0. The van der Waals surface area contributed by atoms with Crippen LogP contribution >= 0.6 is 0 Å². The number of phenolic OH excluding ortho intramolecular Hbond substituents is 1. The van der Waals surface area contributed by atoms with E-state index in [0.29, 0.717) is 17.2 Å². The molecule has 3 aliphatic rings. The van der Waals surface area contributed by atoms with E-state index in [1.807, 2.05) is 6.07 Å². The fourth-order valence-electron chi connectivity index (χ4n) is 5.49. The molecule has 20 heavy (non-hydrogen) atoms. The quantitative estimate of drug-likeness (QED) is 0.782. The summed E-state index contributed by atoms with van der Waals surface area (Å²) in [4.78, 5) is 2.59. The number of fused-ring (bicyclic) bond motifs is 1. The van der Waals surface area contributed by atoms with Crippen LogP contribution in [0.15, 0.2) is 18.2 Å². The highest BCUT2D eigenvalue weighted by Gasteiger charge is 2.54. The van der Waals surface area contributed by atoms with E-state index >= 15 is 0 Å². The van der Waals surface area contributed by atoms with Crippen LogP contribution in [-0.2, 0) is 11.8 Å². The number of nitrogens with zero attached hydrogens (tertiary/aromatic N) is 1. The molecule has 1 saturated heterocycles. The van der Waals surface area contributed by atoms with Gasteiger partial charge in [0.1, 0.15) is 5.75 Å². The van der Waals surface area contributed by atoms with Crippen LogP contribution in [0.1, 0.15) is 43.7 Å². The van der Waals surface area contributed by atoms with Gasteiger partial charge in [-0.15, -0.1) is 0 Å². The molecule has 2 nitrogen and oxygen atoms in total. The second-order valence-electron chi connectivity index (χ2n) is 7.49. The van der Waals surface area contributed by atoms with Crippen molar-refractivity contribution < 1.29 is 5.11 Å². The Morgan fingerprint density at radius 3 is 3.00 bits per heavy atom. The fourth-order valence-corrected chi connectivity index (χ4v) is 5.49. The van der Waals surface area contributed by atoms with Gasteiger partial charge in [0.05, 0.1) is 0 Å². The van der Waals surface area contributed by atoms with Crippen molar-refractivity contribution in [1.29, 1.82) is 0 Å². The molecule has 1 heterocycles. The monoisotopic (exact) mass is 271 g/mol. The predicted molar refractivity (Wildman–Crippen MR) is 81.0 cm³/mol. The molecule has 0 spiro atoms. The summed E-state index contributed by atoms with van der Waals surface area (Å²) in [6.07, 6.45) is 6.51. The molecule has 0 aromatic heterocycles. The molecule has 2 fully saturated rings. The molecule has 0 amide bonds. The number of hydrogen-bond acceptors (Lipinski definition) is 2. The van der Waals surface area contributed by atoms with Crippen molar-refractivity contribution in [2.45, 2.75) is 50.5 Å². The Balaban J connectivity index is 1.90. The van der Waals surface area contributed by atoms with Gasteiger partial charge in [-0.25, -0.2) is 0 Å². The molecule has 1 aliphatic heterocycles. The summed E-state index contributed by atoms with van der Waals surface area (Å²) in [7, 11) is 2.30. The van der Waals surface area contributed by atoms with Crippen molar-refractivity contribution in [3.05, 3.63) is 29.3 Å². The number of likely N-dealkylation sites (tertiary alicyclic amines) is 1. The lowest BCUT2D eigenvalue weighted by atomic mass is 9.51. The third-order valence-corrected chi connectivity index (χ3v) is 6.39. The Hall–Kier alpha value is -1.02. The predicted octanol–water partition coefficient (Wildman–Crippen LogP) is 3.33. The first-order valence-corrected chi connectivity index (χ1v) is 8.13. The van der Waals surface area contributed by atoms with Gasteiger partial charge in [0.15, 0.2) is 0 Å². The maximum atomic E-state index is 9.98. The van der Waals surface area contributed by atoms with Gasteiger partial charge >= 0.3 is 0 Å². The smallest absolute Gasteiger partial charge is 0.115 e. The van der Waals surface area contributed by atoms with E-state index in [4.69, 9.17) is 0 Å². The van der Waals surface area contributed by atoms with E-state index in [1.54, 1.807) is 0 Å². The first-order chi connectivity index (χ1) is 9.60. The summed E-state index contributed by atoms with van der Waals surface area (Å²) >= 11 is 0. The maximum Gasteiger partial charge on any atom is 0.115 e. The van der Waals surface area contributed by atoms with Gasteiger partial charge in [-0.3, -0.25) is 0 Å². The average Bonchev–Trinajstić information content (AvgIpc) is 2.43. The SMILES string of the molecule is C[C@@H]1CC[C@H]2[C@@H]3Cc4ccc(O)cc4[C@]2(CCN3C)C1. The minimum Gasteiger partial charge on any atom is -0.508 e. The number of aromatic hydroxyl groups is 1. The van der Waals surface area contributed by atoms with Gasteiger partial charge in [0.25, 0.3) is 0 Å². The molecule has 2 bridgehead atoms. The molecule has 1 N–H and O–H groups in total. The van der Waals surface area contributed by atoms with E-state index in [9.17, 15) is 5.11 Å². The zero-order chi connectivity index (χ0) is 13.9. The molecule has 1 saturated carbocycles. The van der Waals surface area contributed by atoms with Gasteiger partial charge in [-0.2, -0.15) is 0 Å². The van der Waals surface area contributed by atoms with Crippen LogP contribution in [0.5, 0.6) is 5.75 Å². The highest BCUT2D eigenvalue weighted by atomic mass is 16.3. The molecule has 1 aromatic rings. The molecule has 2 heteroatoms. The van der Waals surface area contributed by atoms with Gasteiger partial charge in [-0.1, -0.05) is 19.4 Å². The van der Waals surface area contributed by atoms with Crippen LogP contribution < -0.4 is 0 Å². The molecule has 0 unspecified atom stereocenters. The lowest BCUT2D eigenvalue weighted by Crippen LogP contribution is -2.60. The van der Waals surface area contributed by atoms with E-state index in [-0.39, 0.29) is 0 Å². The van der Waals surface area contributed by atoms with Crippen LogP contribution in [0.2, 0.25) is 0 Å². The Kier molecular flexibility index (Phi) is 2.69. The molecular weight excluding hydrogens is 246 g/mol. The third kappa shape index (κ3) is 1.60. The minimum absolute atomic E-state index is 0.348. The molecule has 1 aromatic carbocycles. The number of rotatable bonds is 0. The Morgan fingerprint density at radius 2 is 2.15 bits per heavy atom. The Bertz CT molecular complexity index is 540. The second-order valence-corrected chi connectivity index (χ2v) is 7.49. The van der Waals surface area contributed by atoms with Crippen LogP contribution in [0, 0.1) is 11.8 Å². The van der Waals surface area contributed by atoms with E-state index in [2.05, 4.69) is 31.0 Å². The zero-order valence-electron chi connectivity index (χ0n) is 12.6. The number of phenols is 1. The van der Waals surface area contributed by atoms with Crippen molar-refractivity contribution in [3.8, 4) is 5.75 Å². The first kappa shape index (κ1) is 12.7. The van der Waals surface area contributed by atoms with E-state index in [1.165, 1.54) is 49.8 Å². The van der Waals surface area contributed by atoms with Crippen LogP contribution in [0.4, 0.5) is 0 Å². The Morgan fingerprint density at radius 1 is 1.30 bits per heavy atom. The number of hydrogen-bond donors (Lipinski definition) is 1. The fraction of sp³-hybridized carbons (Fsp3) is 0.667. The van der Waals surface area contributed by atoms with Crippen molar-refractivity contribution in [2.24, 2.45) is 11.8 Å². The number of likely N-dealkylation sites (N-methyl/N-ethyl adjacent to an activating group) is 1. The van der Waals surface area contributed by atoms with Crippen molar-refractivity contribution in [1.82, 2.24) is 4.90 Å². The van der Waals surface area contributed by atoms with Gasteiger partial charge in [0.2, 0.25) is 0 Å². The lowest BCUT2D eigenvalue weighted by Gasteiger charge is -2.59. The molecule has 0 radical (unpaired) electrons. The maximum absolute atomic E-state index is 9.98. The van der Waals surface area contributed by atoms with Gasteiger partial charge in [-0.05, 0) is 74.4 Å². The Labute approximate surface area is 121 Å². The largest absolute Gasteiger partial charge is 0.508 e. The second kappa shape index (κ2) is 4.24. The van der Waals surface area contributed by atoms with Crippen LogP contribution in [0.3, 0.4) is 0 Å². The van der Waals surface area contributed by atoms with Crippen LogP contribution in [-0.4, -0.2) is 29.6 Å². The van der Waals surface area contributed by atoms with E-state index < -0.39 is 0 Å². The van der Waals surface area contributed by atoms with E-state index in [0.717, 1.165) is 11.8 Å². The normalized spacial score (nSPS) is 40.0. The molecule has 2 aliphatic carbocycles. The number of benzene rings is 1. The van der Waals surface area contributed by atoms with Crippen molar-refractivity contribution in [3.63, 3.8) is 0 Å². The van der Waals surface area contributed by atoms with Crippen molar-refractivity contribution >= 4 is 0 Å². The molecular formula is C18H25NO.